The molecule has 3 aromatic carbocycles. The number of methoxy groups -OCH3 is 1. The predicted molar refractivity (Wildman–Crippen MR) is 133 cm³/mol. The number of anilines is 1. The van der Waals surface area contributed by atoms with E-state index < -0.39 is 5.97 Å². The van der Waals surface area contributed by atoms with E-state index in [1.807, 2.05) is 54.6 Å². The summed E-state index contributed by atoms with van der Waals surface area (Å²) in [5.41, 5.74) is 3.85. The second-order valence-electron chi connectivity index (χ2n) is 7.38. The fraction of sp³-hybridized carbons (Fsp3) is 0.154. The molecular weight excluding hydrogens is 456 g/mol. The number of hydrogen-bond donors (Lipinski definition) is 1. The Morgan fingerprint density at radius 3 is 2.52 bits per heavy atom. The SMILES string of the molecule is COc1ccc(CCN(Cc2ccc(C#CC(=O)O)cc2)c2nc3cc(Cl)ccc3s2)cc1. The standard InChI is InChI=1S/C26H21ClN2O3S/c1-32-22-10-6-19(7-11-22)14-15-29(26-28-23-16-21(27)9-12-24(23)33-26)17-20-4-2-18(3-5-20)8-13-25(30)31/h2-7,9-12,16H,14-15,17H2,1H3,(H,30,31). The molecule has 0 fully saturated rings. The van der Waals surface area contributed by atoms with Crippen molar-refractivity contribution in [3.63, 3.8) is 0 Å². The zero-order valence-corrected chi connectivity index (χ0v) is 19.5. The van der Waals surface area contributed by atoms with Crippen LogP contribution in [-0.2, 0) is 17.8 Å². The molecule has 0 aliphatic heterocycles. The lowest BCUT2D eigenvalue weighted by atomic mass is 10.1. The second-order valence-corrected chi connectivity index (χ2v) is 8.83. The Morgan fingerprint density at radius 1 is 1.09 bits per heavy atom. The van der Waals surface area contributed by atoms with E-state index in [1.165, 1.54) is 5.56 Å². The number of halogens is 1. The highest BCUT2D eigenvalue weighted by molar-refractivity contribution is 7.22. The molecule has 0 bridgehead atoms. The van der Waals surface area contributed by atoms with Crippen LogP contribution in [0.25, 0.3) is 10.2 Å². The predicted octanol–water partition coefficient (Wildman–Crippen LogP) is 5.64. The zero-order valence-electron chi connectivity index (χ0n) is 17.9. The molecule has 0 saturated carbocycles. The van der Waals surface area contributed by atoms with Gasteiger partial charge in [0, 0.05) is 29.6 Å². The molecule has 4 rings (SSSR count). The lowest BCUT2D eigenvalue weighted by Crippen LogP contribution is -2.25. The molecule has 1 N–H and O–H groups in total. The number of carboxylic acids is 1. The van der Waals surface area contributed by atoms with Gasteiger partial charge < -0.3 is 14.7 Å². The molecule has 0 aliphatic carbocycles. The van der Waals surface area contributed by atoms with Crippen LogP contribution in [0.5, 0.6) is 5.75 Å². The van der Waals surface area contributed by atoms with Gasteiger partial charge in [0.2, 0.25) is 0 Å². The molecule has 0 amide bonds. The maximum atomic E-state index is 10.7. The molecule has 4 aromatic rings. The number of carboxylic acid groups (broad SMARTS) is 1. The van der Waals surface area contributed by atoms with Crippen molar-refractivity contribution in [3.05, 3.63) is 88.4 Å². The van der Waals surface area contributed by atoms with Crippen LogP contribution < -0.4 is 9.64 Å². The van der Waals surface area contributed by atoms with Gasteiger partial charge in [0.25, 0.3) is 0 Å². The second kappa shape index (κ2) is 10.4. The number of nitrogens with zero attached hydrogens (tertiary/aromatic N) is 2. The molecule has 33 heavy (non-hydrogen) atoms. The number of fused-ring (bicyclic) bond motifs is 1. The van der Waals surface area contributed by atoms with Crippen molar-refractivity contribution in [2.45, 2.75) is 13.0 Å². The van der Waals surface area contributed by atoms with Crippen molar-refractivity contribution in [3.8, 4) is 17.6 Å². The number of benzene rings is 3. The van der Waals surface area contributed by atoms with Crippen LogP contribution in [0.4, 0.5) is 5.13 Å². The smallest absolute Gasteiger partial charge is 0.382 e. The first-order valence-corrected chi connectivity index (χ1v) is 11.5. The van der Waals surface area contributed by atoms with Gasteiger partial charge in [-0.2, -0.15) is 0 Å². The van der Waals surface area contributed by atoms with E-state index in [-0.39, 0.29) is 0 Å². The summed E-state index contributed by atoms with van der Waals surface area (Å²) in [7, 11) is 1.66. The molecule has 0 spiro atoms. The number of rotatable bonds is 7. The maximum Gasteiger partial charge on any atom is 0.382 e. The molecule has 0 saturated heterocycles. The minimum Gasteiger partial charge on any atom is -0.497 e. The van der Waals surface area contributed by atoms with Gasteiger partial charge >= 0.3 is 5.97 Å². The molecular formula is C26H21ClN2O3S. The number of hydrogen-bond acceptors (Lipinski definition) is 5. The van der Waals surface area contributed by atoms with Gasteiger partial charge in [-0.15, -0.1) is 0 Å². The Balaban J connectivity index is 1.57. The van der Waals surface area contributed by atoms with Gasteiger partial charge in [-0.25, -0.2) is 9.78 Å². The van der Waals surface area contributed by atoms with Gasteiger partial charge in [0.1, 0.15) is 5.75 Å². The lowest BCUT2D eigenvalue weighted by Gasteiger charge is -2.22. The number of aromatic nitrogens is 1. The van der Waals surface area contributed by atoms with E-state index in [4.69, 9.17) is 26.4 Å². The molecule has 0 aliphatic rings. The van der Waals surface area contributed by atoms with Crippen LogP contribution in [-0.4, -0.2) is 29.7 Å². The van der Waals surface area contributed by atoms with Crippen LogP contribution >= 0.6 is 22.9 Å². The Bertz CT molecular complexity index is 1320. The Labute approximate surface area is 201 Å². The minimum atomic E-state index is -1.14. The largest absolute Gasteiger partial charge is 0.497 e. The fourth-order valence-corrected chi connectivity index (χ4v) is 4.50. The Hall–Kier alpha value is -3.53. The summed E-state index contributed by atoms with van der Waals surface area (Å²) in [6.45, 7) is 1.44. The van der Waals surface area contributed by atoms with Crippen molar-refractivity contribution < 1.29 is 14.6 Å². The molecule has 166 valence electrons. The summed E-state index contributed by atoms with van der Waals surface area (Å²) in [5.74, 6) is 4.48. The lowest BCUT2D eigenvalue weighted by molar-refractivity contribution is -0.130. The van der Waals surface area contributed by atoms with Crippen LogP contribution in [0.1, 0.15) is 16.7 Å². The minimum absolute atomic E-state index is 0.663. The van der Waals surface area contributed by atoms with E-state index in [0.29, 0.717) is 17.1 Å². The monoisotopic (exact) mass is 476 g/mol. The van der Waals surface area contributed by atoms with Crippen LogP contribution in [0.3, 0.4) is 0 Å². The summed E-state index contributed by atoms with van der Waals surface area (Å²) in [4.78, 5) is 17.7. The summed E-state index contributed by atoms with van der Waals surface area (Å²) >= 11 is 7.79. The number of aliphatic carboxylic acids is 1. The maximum absolute atomic E-state index is 10.7. The van der Waals surface area contributed by atoms with Crippen molar-refractivity contribution in [2.75, 3.05) is 18.6 Å². The summed E-state index contributed by atoms with van der Waals surface area (Å²) in [6.07, 6.45) is 0.850. The number of thiazole rings is 1. The van der Waals surface area contributed by atoms with Gasteiger partial charge in [0.15, 0.2) is 5.13 Å². The number of carbonyl (C=O) groups is 1. The van der Waals surface area contributed by atoms with E-state index in [2.05, 4.69) is 28.9 Å². The highest BCUT2D eigenvalue weighted by Gasteiger charge is 2.14. The first-order chi connectivity index (χ1) is 16.0. The average Bonchev–Trinajstić information content (AvgIpc) is 3.24. The van der Waals surface area contributed by atoms with Gasteiger partial charge in [-0.3, -0.25) is 0 Å². The fourth-order valence-electron chi connectivity index (χ4n) is 3.36. The third-order valence-electron chi connectivity index (χ3n) is 5.08. The molecule has 0 atom stereocenters. The third-order valence-corrected chi connectivity index (χ3v) is 6.41. The van der Waals surface area contributed by atoms with Gasteiger partial charge in [-0.05, 0) is 60.0 Å². The Kier molecular flexibility index (Phi) is 7.13. The van der Waals surface area contributed by atoms with E-state index >= 15 is 0 Å². The Morgan fingerprint density at radius 2 is 1.82 bits per heavy atom. The quantitative estimate of drug-likeness (QED) is 0.349. The summed E-state index contributed by atoms with van der Waals surface area (Å²) in [5, 5.41) is 10.3. The van der Waals surface area contributed by atoms with Crippen LogP contribution in [0.2, 0.25) is 5.02 Å². The van der Waals surface area contributed by atoms with E-state index in [1.54, 1.807) is 18.4 Å². The van der Waals surface area contributed by atoms with Crippen molar-refractivity contribution in [1.29, 1.82) is 0 Å². The molecule has 5 nitrogen and oxygen atoms in total. The summed E-state index contributed by atoms with van der Waals surface area (Å²) < 4.78 is 6.34. The third kappa shape index (κ3) is 6.04. The summed E-state index contributed by atoms with van der Waals surface area (Å²) in [6, 6.07) is 21.5. The molecule has 0 radical (unpaired) electrons. The first kappa shape index (κ1) is 22.7. The highest BCUT2D eigenvalue weighted by atomic mass is 35.5. The molecule has 1 heterocycles. The van der Waals surface area contributed by atoms with Crippen LogP contribution in [0.15, 0.2) is 66.7 Å². The normalized spacial score (nSPS) is 10.5. The molecule has 1 aromatic heterocycles. The van der Waals surface area contributed by atoms with Gasteiger partial charge in [-0.1, -0.05) is 53.1 Å². The van der Waals surface area contributed by atoms with Crippen LogP contribution in [0, 0.1) is 11.8 Å². The van der Waals surface area contributed by atoms with Crippen molar-refractivity contribution >= 4 is 44.3 Å². The zero-order chi connectivity index (χ0) is 23.2. The molecule has 0 unspecified atom stereocenters. The molecule has 7 heteroatoms. The van der Waals surface area contributed by atoms with Crippen molar-refractivity contribution in [2.24, 2.45) is 0 Å². The highest BCUT2D eigenvalue weighted by Crippen LogP contribution is 2.31. The van der Waals surface area contributed by atoms with Gasteiger partial charge in [0.05, 0.1) is 17.3 Å². The average molecular weight is 477 g/mol. The van der Waals surface area contributed by atoms with E-state index in [9.17, 15) is 4.79 Å². The number of ether oxygens (including phenoxy) is 1. The topological polar surface area (TPSA) is 62.7 Å². The van der Waals surface area contributed by atoms with Crippen molar-refractivity contribution in [1.82, 2.24) is 4.98 Å². The van der Waals surface area contributed by atoms with E-state index in [0.717, 1.165) is 39.6 Å². The first-order valence-electron chi connectivity index (χ1n) is 10.3.